The third-order valence-electron chi connectivity index (χ3n) is 3.67. The summed E-state index contributed by atoms with van der Waals surface area (Å²) >= 11 is 0. The quantitative estimate of drug-likeness (QED) is 0.589. The molecule has 1 amide bonds. The average Bonchev–Trinajstić information content (AvgIpc) is 2.35. The normalized spacial score (nSPS) is 16.3. The second-order valence-corrected chi connectivity index (χ2v) is 5.26. The Bertz CT molecular complexity index is 261. The van der Waals surface area contributed by atoms with Crippen molar-refractivity contribution in [3.05, 3.63) is 0 Å². The highest BCUT2D eigenvalue weighted by molar-refractivity contribution is 5.84. The van der Waals surface area contributed by atoms with Crippen molar-refractivity contribution in [2.45, 2.75) is 52.1 Å². The summed E-state index contributed by atoms with van der Waals surface area (Å²) in [5.41, 5.74) is 4.88. The van der Waals surface area contributed by atoms with E-state index in [2.05, 4.69) is 24.1 Å². The minimum absolute atomic E-state index is 0.276. The molecule has 0 aromatic heterocycles. The minimum atomic E-state index is -0.599. The van der Waals surface area contributed by atoms with Crippen LogP contribution in [0, 0.1) is 0 Å². The lowest BCUT2D eigenvalue weighted by atomic mass is 9.94. The van der Waals surface area contributed by atoms with Crippen LogP contribution in [0.5, 0.6) is 0 Å². The Hall–Kier alpha value is -0.650. The fourth-order valence-corrected chi connectivity index (χ4v) is 2.36. The minimum Gasteiger partial charge on any atom is -0.383 e. The van der Waals surface area contributed by atoms with Crippen molar-refractivity contribution in [2.24, 2.45) is 5.73 Å². The standard InChI is InChI=1S/C14H31N3O2/c1-6-16-14(4,13(15)18)9-8-10-17(7-2)12(3)11-19-5/h12,16H,6-11H2,1-5H3,(H2,15,18). The van der Waals surface area contributed by atoms with Crippen LogP contribution in [-0.4, -0.2) is 55.7 Å². The summed E-state index contributed by atoms with van der Waals surface area (Å²) in [5, 5.41) is 3.19. The number of amides is 1. The molecule has 114 valence electrons. The van der Waals surface area contributed by atoms with Gasteiger partial charge in [0.2, 0.25) is 5.91 Å². The Morgan fingerprint density at radius 3 is 2.53 bits per heavy atom. The SMILES string of the molecule is CCNC(C)(CCCN(CC)C(C)COC)C(N)=O. The number of likely N-dealkylation sites (N-methyl/N-ethyl adjacent to an activating group) is 2. The van der Waals surface area contributed by atoms with E-state index in [9.17, 15) is 4.79 Å². The Kier molecular flexibility index (Phi) is 8.97. The highest BCUT2D eigenvalue weighted by Crippen LogP contribution is 2.13. The van der Waals surface area contributed by atoms with Crippen LogP contribution in [0.25, 0.3) is 0 Å². The van der Waals surface area contributed by atoms with Gasteiger partial charge in [0.05, 0.1) is 12.1 Å². The third-order valence-corrected chi connectivity index (χ3v) is 3.67. The topological polar surface area (TPSA) is 67.6 Å². The van der Waals surface area contributed by atoms with Crippen LogP contribution in [-0.2, 0) is 9.53 Å². The first-order valence-corrected chi connectivity index (χ1v) is 7.19. The molecule has 0 aromatic carbocycles. The zero-order chi connectivity index (χ0) is 14.9. The molecule has 0 bridgehead atoms. The van der Waals surface area contributed by atoms with Gasteiger partial charge in [0, 0.05) is 13.2 Å². The van der Waals surface area contributed by atoms with Gasteiger partial charge >= 0.3 is 0 Å². The molecule has 3 N–H and O–H groups in total. The summed E-state index contributed by atoms with van der Waals surface area (Å²) in [6, 6.07) is 0.397. The van der Waals surface area contributed by atoms with Crippen LogP contribution in [0.4, 0.5) is 0 Å². The monoisotopic (exact) mass is 273 g/mol. The number of ether oxygens (including phenoxy) is 1. The molecule has 0 aliphatic heterocycles. The number of carbonyl (C=O) groups is 1. The Morgan fingerprint density at radius 2 is 2.11 bits per heavy atom. The van der Waals surface area contributed by atoms with E-state index in [4.69, 9.17) is 10.5 Å². The van der Waals surface area contributed by atoms with Crippen molar-refractivity contribution >= 4 is 5.91 Å². The average molecular weight is 273 g/mol. The lowest BCUT2D eigenvalue weighted by Crippen LogP contribution is -2.53. The zero-order valence-electron chi connectivity index (χ0n) is 13.2. The predicted molar refractivity (Wildman–Crippen MR) is 79.1 cm³/mol. The molecule has 19 heavy (non-hydrogen) atoms. The highest BCUT2D eigenvalue weighted by Gasteiger charge is 2.29. The molecule has 0 saturated carbocycles. The van der Waals surface area contributed by atoms with Crippen LogP contribution in [0.1, 0.15) is 40.5 Å². The van der Waals surface area contributed by atoms with Crippen molar-refractivity contribution < 1.29 is 9.53 Å². The van der Waals surface area contributed by atoms with Crippen molar-refractivity contribution in [2.75, 3.05) is 33.4 Å². The van der Waals surface area contributed by atoms with Crippen molar-refractivity contribution in [1.29, 1.82) is 0 Å². The van der Waals surface area contributed by atoms with Gasteiger partial charge in [-0.1, -0.05) is 13.8 Å². The van der Waals surface area contributed by atoms with Gasteiger partial charge in [-0.25, -0.2) is 0 Å². The summed E-state index contributed by atoms with van der Waals surface area (Å²) < 4.78 is 5.18. The van der Waals surface area contributed by atoms with Gasteiger partial charge in [0.1, 0.15) is 0 Å². The molecule has 0 heterocycles. The van der Waals surface area contributed by atoms with E-state index in [1.165, 1.54) is 0 Å². The number of nitrogens with one attached hydrogen (secondary N) is 1. The highest BCUT2D eigenvalue weighted by atomic mass is 16.5. The molecular formula is C14H31N3O2. The first kappa shape index (κ1) is 18.4. The maximum absolute atomic E-state index is 11.5. The number of methoxy groups -OCH3 is 1. The van der Waals surface area contributed by atoms with Gasteiger partial charge < -0.3 is 15.8 Å². The molecular weight excluding hydrogens is 242 g/mol. The van der Waals surface area contributed by atoms with Gasteiger partial charge in [-0.3, -0.25) is 9.69 Å². The molecule has 2 unspecified atom stereocenters. The van der Waals surface area contributed by atoms with Crippen LogP contribution in [0.2, 0.25) is 0 Å². The second-order valence-electron chi connectivity index (χ2n) is 5.26. The fourth-order valence-electron chi connectivity index (χ4n) is 2.36. The lowest BCUT2D eigenvalue weighted by Gasteiger charge is -2.30. The molecule has 0 aliphatic rings. The Labute approximate surface area is 117 Å². The largest absolute Gasteiger partial charge is 0.383 e. The van der Waals surface area contributed by atoms with Crippen molar-refractivity contribution in [3.8, 4) is 0 Å². The molecule has 2 atom stereocenters. The summed E-state index contributed by atoms with van der Waals surface area (Å²) in [6.45, 7) is 11.6. The number of hydrogen-bond donors (Lipinski definition) is 2. The van der Waals surface area contributed by atoms with Gasteiger partial charge in [-0.2, -0.15) is 0 Å². The maximum atomic E-state index is 11.5. The first-order valence-electron chi connectivity index (χ1n) is 7.19. The zero-order valence-corrected chi connectivity index (χ0v) is 13.2. The van der Waals surface area contributed by atoms with Gasteiger partial charge in [-0.05, 0) is 46.3 Å². The number of nitrogens with zero attached hydrogens (tertiary/aromatic N) is 1. The summed E-state index contributed by atoms with van der Waals surface area (Å²) in [7, 11) is 1.72. The van der Waals surface area contributed by atoms with E-state index in [1.54, 1.807) is 7.11 Å². The van der Waals surface area contributed by atoms with Crippen molar-refractivity contribution in [1.82, 2.24) is 10.2 Å². The molecule has 0 aliphatic carbocycles. The van der Waals surface area contributed by atoms with E-state index in [1.807, 2.05) is 13.8 Å². The van der Waals surface area contributed by atoms with E-state index in [-0.39, 0.29) is 5.91 Å². The van der Waals surface area contributed by atoms with Gasteiger partial charge in [0.25, 0.3) is 0 Å². The summed E-state index contributed by atoms with van der Waals surface area (Å²) in [6.07, 6.45) is 1.70. The Balaban J connectivity index is 4.26. The molecule has 5 heteroatoms. The molecule has 0 aromatic rings. The van der Waals surface area contributed by atoms with Crippen LogP contribution in [0.3, 0.4) is 0 Å². The number of carbonyl (C=O) groups excluding carboxylic acids is 1. The molecule has 0 saturated heterocycles. The molecule has 0 radical (unpaired) electrons. The van der Waals surface area contributed by atoms with Crippen LogP contribution in [0.15, 0.2) is 0 Å². The number of hydrogen-bond acceptors (Lipinski definition) is 4. The number of rotatable bonds is 11. The lowest BCUT2D eigenvalue weighted by molar-refractivity contribution is -0.124. The number of primary amides is 1. The van der Waals surface area contributed by atoms with Gasteiger partial charge in [-0.15, -0.1) is 0 Å². The molecule has 0 rings (SSSR count). The maximum Gasteiger partial charge on any atom is 0.237 e. The fraction of sp³-hybridized carbons (Fsp3) is 0.929. The Morgan fingerprint density at radius 1 is 1.47 bits per heavy atom. The van der Waals surface area contributed by atoms with E-state index < -0.39 is 5.54 Å². The van der Waals surface area contributed by atoms with Crippen LogP contribution >= 0.6 is 0 Å². The van der Waals surface area contributed by atoms with Crippen molar-refractivity contribution in [3.63, 3.8) is 0 Å². The van der Waals surface area contributed by atoms with E-state index in [0.29, 0.717) is 6.04 Å². The summed E-state index contributed by atoms with van der Waals surface area (Å²) in [4.78, 5) is 13.9. The number of nitrogens with two attached hydrogens (primary N) is 1. The first-order chi connectivity index (χ1) is 8.91. The van der Waals surface area contributed by atoms with Crippen LogP contribution < -0.4 is 11.1 Å². The van der Waals surface area contributed by atoms with E-state index >= 15 is 0 Å². The van der Waals surface area contributed by atoms with Gasteiger partial charge in [0.15, 0.2) is 0 Å². The molecule has 0 spiro atoms. The molecule has 0 fully saturated rings. The predicted octanol–water partition coefficient (Wildman–Crippen LogP) is 0.977. The smallest absolute Gasteiger partial charge is 0.237 e. The van der Waals surface area contributed by atoms with E-state index in [0.717, 1.165) is 39.1 Å². The summed E-state index contributed by atoms with van der Waals surface area (Å²) in [5.74, 6) is -0.276. The molecule has 5 nitrogen and oxygen atoms in total. The second kappa shape index (κ2) is 9.28. The third kappa shape index (κ3) is 6.36.